The predicted molar refractivity (Wildman–Crippen MR) is 102 cm³/mol. The van der Waals surface area contributed by atoms with E-state index in [1.807, 2.05) is 49.4 Å². The van der Waals surface area contributed by atoms with E-state index >= 15 is 0 Å². The topological polar surface area (TPSA) is 62.8 Å². The van der Waals surface area contributed by atoms with E-state index in [-0.39, 0.29) is 18.0 Å². The first-order valence-electron chi connectivity index (χ1n) is 8.60. The maximum atomic E-state index is 12.8. The number of nitrogens with one attached hydrogen (secondary N) is 2. The van der Waals surface area contributed by atoms with Gasteiger partial charge in [-0.1, -0.05) is 23.8 Å². The van der Waals surface area contributed by atoms with Gasteiger partial charge in [0.2, 0.25) is 5.91 Å². The van der Waals surface area contributed by atoms with Crippen LogP contribution in [0.4, 0.5) is 5.69 Å². The lowest BCUT2D eigenvalue weighted by Crippen LogP contribution is -2.44. The highest BCUT2D eigenvalue weighted by molar-refractivity contribution is 5.96. The van der Waals surface area contributed by atoms with E-state index in [4.69, 9.17) is 9.47 Å². The molecule has 1 aliphatic heterocycles. The summed E-state index contributed by atoms with van der Waals surface area (Å²) in [6.45, 7) is 2.03. The van der Waals surface area contributed by atoms with Crippen LogP contribution in [0.15, 0.2) is 42.5 Å². The molecule has 1 amide bonds. The van der Waals surface area contributed by atoms with Crippen molar-refractivity contribution in [2.24, 2.45) is 0 Å². The molecule has 1 heterocycles. The molecule has 0 saturated carbocycles. The third-order valence-corrected chi connectivity index (χ3v) is 4.77. The van der Waals surface area contributed by atoms with Crippen molar-refractivity contribution in [3.63, 3.8) is 0 Å². The van der Waals surface area contributed by atoms with Crippen LogP contribution in [0.3, 0.4) is 0 Å². The summed E-state index contributed by atoms with van der Waals surface area (Å²) in [7, 11) is 5.06. The predicted octanol–water partition coefficient (Wildman–Crippen LogP) is 2.58. The Kier molecular flexibility index (Phi) is 5.44. The fourth-order valence-corrected chi connectivity index (χ4v) is 3.16. The SMILES string of the molecule is COc1ccc(C2CC(C(=O)N(C)c3ccc(C)cc3)NN2)c(OC)c1. The lowest BCUT2D eigenvalue weighted by atomic mass is 10.00. The number of likely N-dealkylation sites (N-methyl/N-ethyl adjacent to an activating group) is 1. The molecule has 2 aromatic carbocycles. The van der Waals surface area contributed by atoms with Crippen LogP contribution in [-0.2, 0) is 4.79 Å². The molecule has 0 aromatic heterocycles. The quantitative estimate of drug-likeness (QED) is 0.863. The molecule has 138 valence electrons. The Balaban J connectivity index is 1.72. The number of aryl methyl sites for hydroxylation is 1. The van der Waals surface area contributed by atoms with Crippen LogP contribution < -0.4 is 25.2 Å². The number of rotatable bonds is 5. The van der Waals surface area contributed by atoms with Crippen molar-refractivity contribution in [1.82, 2.24) is 10.9 Å². The van der Waals surface area contributed by atoms with E-state index < -0.39 is 0 Å². The first-order chi connectivity index (χ1) is 12.5. The molecule has 6 heteroatoms. The van der Waals surface area contributed by atoms with Crippen LogP contribution in [0.25, 0.3) is 0 Å². The van der Waals surface area contributed by atoms with E-state index in [1.165, 1.54) is 5.56 Å². The normalized spacial score (nSPS) is 19.2. The summed E-state index contributed by atoms with van der Waals surface area (Å²) >= 11 is 0. The number of hydrazine groups is 1. The number of hydrogen-bond donors (Lipinski definition) is 2. The third-order valence-electron chi connectivity index (χ3n) is 4.77. The zero-order valence-corrected chi connectivity index (χ0v) is 15.6. The average molecular weight is 355 g/mol. The number of amides is 1. The summed E-state index contributed by atoms with van der Waals surface area (Å²) in [5.74, 6) is 1.50. The molecule has 0 spiro atoms. The minimum absolute atomic E-state index is 0.0174. The van der Waals surface area contributed by atoms with E-state index in [0.29, 0.717) is 6.42 Å². The fourth-order valence-electron chi connectivity index (χ4n) is 3.16. The Labute approximate surface area is 154 Å². The zero-order chi connectivity index (χ0) is 18.7. The van der Waals surface area contributed by atoms with Gasteiger partial charge in [-0.3, -0.25) is 4.79 Å². The molecule has 1 saturated heterocycles. The standard InChI is InChI=1S/C20H25N3O3/c1-13-5-7-14(8-6-13)23(2)20(24)18-12-17(21-22-18)16-10-9-15(25-3)11-19(16)26-4/h5-11,17-18,21-22H,12H2,1-4H3. The van der Waals surface area contributed by atoms with Crippen molar-refractivity contribution < 1.29 is 14.3 Å². The molecule has 2 aromatic rings. The number of anilines is 1. The van der Waals surface area contributed by atoms with Gasteiger partial charge in [0.05, 0.1) is 20.3 Å². The summed E-state index contributed by atoms with van der Waals surface area (Å²) < 4.78 is 10.7. The molecule has 3 rings (SSSR count). The van der Waals surface area contributed by atoms with Crippen LogP contribution >= 0.6 is 0 Å². The van der Waals surface area contributed by atoms with Gasteiger partial charge in [-0.25, -0.2) is 10.9 Å². The molecule has 1 aliphatic rings. The number of nitrogens with zero attached hydrogens (tertiary/aromatic N) is 1. The second-order valence-corrected chi connectivity index (χ2v) is 6.47. The second-order valence-electron chi connectivity index (χ2n) is 6.47. The number of benzene rings is 2. The Bertz CT molecular complexity index is 776. The maximum absolute atomic E-state index is 12.8. The number of ether oxygens (including phenoxy) is 2. The third kappa shape index (κ3) is 3.66. The molecule has 0 radical (unpaired) electrons. The molecule has 0 bridgehead atoms. The Morgan fingerprint density at radius 2 is 1.81 bits per heavy atom. The van der Waals surface area contributed by atoms with E-state index in [2.05, 4.69) is 10.9 Å². The summed E-state index contributed by atoms with van der Waals surface area (Å²) in [6, 6.07) is 13.3. The average Bonchev–Trinajstić information content (AvgIpc) is 3.16. The van der Waals surface area contributed by atoms with Crippen molar-refractivity contribution in [3.05, 3.63) is 53.6 Å². The van der Waals surface area contributed by atoms with Crippen LogP contribution in [0, 0.1) is 6.92 Å². The van der Waals surface area contributed by atoms with E-state index in [1.54, 1.807) is 26.2 Å². The summed E-state index contributed by atoms with van der Waals surface area (Å²) in [6.07, 6.45) is 0.637. The van der Waals surface area contributed by atoms with Gasteiger partial charge in [-0.15, -0.1) is 0 Å². The molecule has 0 aliphatic carbocycles. The fraction of sp³-hybridized carbons (Fsp3) is 0.350. The van der Waals surface area contributed by atoms with Gasteiger partial charge in [0.15, 0.2) is 0 Å². The van der Waals surface area contributed by atoms with Gasteiger partial charge in [-0.2, -0.15) is 0 Å². The summed E-state index contributed by atoms with van der Waals surface area (Å²) in [4.78, 5) is 14.5. The maximum Gasteiger partial charge on any atom is 0.245 e. The van der Waals surface area contributed by atoms with Crippen molar-refractivity contribution in [3.8, 4) is 11.5 Å². The minimum Gasteiger partial charge on any atom is -0.497 e. The van der Waals surface area contributed by atoms with Crippen LogP contribution in [0.2, 0.25) is 0 Å². The second kappa shape index (κ2) is 7.76. The van der Waals surface area contributed by atoms with Crippen molar-refractivity contribution >= 4 is 11.6 Å². The summed E-state index contributed by atoms with van der Waals surface area (Å²) in [5, 5.41) is 0. The van der Waals surface area contributed by atoms with Gasteiger partial charge < -0.3 is 14.4 Å². The first-order valence-corrected chi connectivity index (χ1v) is 8.60. The lowest BCUT2D eigenvalue weighted by Gasteiger charge is -2.21. The molecule has 1 fully saturated rings. The minimum atomic E-state index is -0.307. The van der Waals surface area contributed by atoms with Gasteiger partial charge in [0.1, 0.15) is 17.5 Å². The molecule has 6 nitrogen and oxygen atoms in total. The highest BCUT2D eigenvalue weighted by Gasteiger charge is 2.33. The van der Waals surface area contributed by atoms with Crippen molar-refractivity contribution in [1.29, 1.82) is 0 Å². The number of methoxy groups -OCH3 is 2. The molecule has 2 N–H and O–H groups in total. The molecular weight excluding hydrogens is 330 g/mol. The highest BCUT2D eigenvalue weighted by Crippen LogP contribution is 2.33. The van der Waals surface area contributed by atoms with Crippen molar-refractivity contribution in [2.75, 3.05) is 26.2 Å². The highest BCUT2D eigenvalue weighted by atomic mass is 16.5. The van der Waals surface area contributed by atoms with E-state index in [0.717, 1.165) is 22.7 Å². The number of hydrogen-bond acceptors (Lipinski definition) is 5. The molecule has 2 unspecified atom stereocenters. The van der Waals surface area contributed by atoms with Crippen molar-refractivity contribution in [2.45, 2.75) is 25.4 Å². The summed E-state index contributed by atoms with van der Waals surface area (Å²) in [5.41, 5.74) is 9.38. The number of carbonyl (C=O) groups excluding carboxylic acids is 1. The largest absolute Gasteiger partial charge is 0.497 e. The van der Waals surface area contributed by atoms with Gasteiger partial charge in [0, 0.05) is 24.4 Å². The van der Waals surface area contributed by atoms with E-state index in [9.17, 15) is 4.79 Å². The van der Waals surface area contributed by atoms with Gasteiger partial charge >= 0.3 is 0 Å². The lowest BCUT2D eigenvalue weighted by molar-refractivity contribution is -0.120. The Morgan fingerprint density at radius 1 is 1.08 bits per heavy atom. The molecule has 26 heavy (non-hydrogen) atoms. The van der Waals surface area contributed by atoms with Crippen LogP contribution in [0.1, 0.15) is 23.6 Å². The Hall–Kier alpha value is -2.57. The monoisotopic (exact) mass is 355 g/mol. The van der Waals surface area contributed by atoms with Crippen LogP contribution in [-0.4, -0.2) is 33.2 Å². The van der Waals surface area contributed by atoms with Gasteiger partial charge in [-0.05, 0) is 31.5 Å². The zero-order valence-electron chi connectivity index (χ0n) is 15.6. The molecule has 2 atom stereocenters. The number of carbonyl (C=O) groups is 1. The smallest absolute Gasteiger partial charge is 0.245 e. The molecular formula is C20H25N3O3. The first kappa shape index (κ1) is 18.2. The Morgan fingerprint density at radius 3 is 2.46 bits per heavy atom. The van der Waals surface area contributed by atoms with Gasteiger partial charge in [0.25, 0.3) is 0 Å². The van der Waals surface area contributed by atoms with Crippen LogP contribution in [0.5, 0.6) is 11.5 Å².